The van der Waals surface area contributed by atoms with Crippen LogP contribution in [0.1, 0.15) is 0 Å². The molecule has 2 rings (SSSR count). The number of nitrogens with zero attached hydrogens (tertiary/aromatic N) is 2. The van der Waals surface area contributed by atoms with E-state index in [0.29, 0.717) is 5.69 Å². The van der Waals surface area contributed by atoms with Gasteiger partial charge in [0.2, 0.25) is 0 Å². The Morgan fingerprint density at radius 3 is 2.82 bits per heavy atom. The average Bonchev–Trinajstić information content (AvgIpc) is 2.45. The van der Waals surface area contributed by atoms with E-state index < -0.39 is 11.6 Å². The van der Waals surface area contributed by atoms with Crippen LogP contribution in [0.5, 0.6) is 0 Å². The quantitative estimate of drug-likeness (QED) is 0.544. The topological polar surface area (TPSA) is 26.5 Å². The van der Waals surface area contributed by atoms with Crippen molar-refractivity contribution in [3.8, 4) is 0 Å². The smallest absolute Gasteiger partial charge is 0.186 e. The zero-order valence-electron chi connectivity index (χ0n) is 5.38. The number of rotatable bonds is 0. The van der Waals surface area contributed by atoms with Gasteiger partial charge in [-0.2, -0.15) is 0 Å². The Balaban J connectivity index is 2.70. The second-order valence-corrected chi connectivity index (χ2v) is 2.10. The standard InChI is InChI=1S/C7H3F2N2/c8-4-1-2-5-7(6(4)9)11-3-10-5/h1-3H. The van der Waals surface area contributed by atoms with Crippen molar-refractivity contribution in [3.63, 3.8) is 0 Å². The monoisotopic (exact) mass is 153 g/mol. The molecule has 55 valence electrons. The predicted octanol–water partition coefficient (Wildman–Crippen LogP) is 1.87. The molecule has 11 heavy (non-hydrogen) atoms. The van der Waals surface area contributed by atoms with Crippen LogP contribution in [0.2, 0.25) is 0 Å². The molecular weight excluding hydrogens is 150 g/mol. The van der Waals surface area contributed by atoms with Crippen molar-refractivity contribution in [1.82, 2.24) is 5.32 Å². The van der Waals surface area contributed by atoms with Gasteiger partial charge in [-0.25, -0.2) is 19.1 Å². The fourth-order valence-electron chi connectivity index (χ4n) is 0.906. The van der Waals surface area contributed by atoms with E-state index in [9.17, 15) is 8.78 Å². The van der Waals surface area contributed by atoms with Crippen molar-refractivity contribution in [2.24, 2.45) is 4.99 Å². The molecule has 2 nitrogen and oxygen atoms in total. The van der Waals surface area contributed by atoms with Gasteiger partial charge < -0.3 is 0 Å². The Morgan fingerprint density at radius 2 is 2.00 bits per heavy atom. The van der Waals surface area contributed by atoms with Crippen molar-refractivity contribution >= 4 is 17.7 Å². The number of hydrogen-bond donors (Lipinski definition) is 0. The first-order valence-corrected chi connectivity index (χ1v) is 3.00. The summed E-state index contributed by atoms with van der Waals surface area (Å²) in [5, 5.41) is 3.70. The van der Waals surface area contributed by atoms with Gasteiger partial charge in [-0.05, 0) is 12.1 Å². The lowest BCUT2D eigenvalue weighted by Gasteiger charge is -1.96. The Bertz CT molecular complexity index is 333. The molecule has 1 aliphatic heterocycles. The number of fused-ring (bicyclic) bond motifs is 1. The first kappa shape index (κ1) is 6.27. The summed E-state index contributed by atoms with van der Waals surface area (Å²) in [4.78, 5) is 3.55. The zero-order chi connectivity index (χ0) is 7.84. The van der Waals surface area contributed by atoms with Gasteiger partial charge in [0.05, 0.1) is 5.69 Å². The van der Waals surface area contributed by atoms with Gasteiger partial charge in [-0.3, -0.25) is 0 Å². The van der Waals surface area contributed by atoms with E-state index in [1.807, 2.05) is 0 Å². The van der Waals surface area contributed by atoms with Crippen LogP contribution in [0, 0.1) is 11.6 Å². The van der Waals surface area contributed by atoms with Crippen molar-refractivity contribution in [3.05, 3.63) is 23.8 Å². The average molecular weight is 153 g/mol. The lowest BCUT2D eigenvalue weighted by molar-refractivity contribution is 0.511. The Labute approximate surface area is 61.6 Å². The number of aliphatic imine (C=N–C) groups is 1. The third-order valence-electron chi connectivity index (χ3n) is 1.43. The van der Waals surface area contributed by atoms with E-state index in [4.69, 9.17) is 0 Å². The minimum atomic E-state index is -0.931. The second kappa shape index (κ2) is 2.02. The molecule has 1 radical (unpaired) electrons. The zero-order valence-corrected chi connectivity index (χ0v) is 5.38. The van der Waals surface area contributed by atoms with Gasteiger partial charge in [-0.1, -0.05) is 0 Å². The molecule has 1 aromatic carbocycles. The van der Waals surface area contributed by atoms with E-state index >= 15 is 0 Å². The molecule has 1 heterocycles. The lowest BCUT2D eigenvalue weighted by Crippen LogP contribution is -1.87. The van der Waals surface area contributed by atoms with Gasteiger partial charge in [0.25, 0.3) is 0 Å². The Morgan fingerprint density at radius 1 is 1.18 bits per heavy atom. The highest BCUT2D eigenvalue weighted by atomic mass is 19.2. The van der Waals surface area contributed by atoms with E-state index in [2.05, 4.69) is 10.3 Å². The number of hydrogen-bond acceptors (Lipinski definition) is 1. The second-order valence-electron chi connectivity index (χ2n) is 2.10. The van der Waals surface area contributed by atoms with Gasteiger partial charge in [0.15, 0.2) is 11.6 Å². The van der Waals surface area contributed by atoms with Crippen LogP contribution in [0.4, 0.5) is 20.2 Å². The summed E-state index contributed by atoms with van der Waals surface area (Å²) < 4.78 is 25.2. The fraction of sp³-hybridized carbons (Fsp3) is 0. The van der Waals surface area contributed by atoms with Crippen LogP contribution in [-0.2, 0) is 0 Å². The summed E-state index contributed by atoms with van der Waals surface area (Å²) in [5.74, 6) is -1.82. The molecule has 0 saturated carbocycles. The van der Waals surface area contributed by atoms with E-state index in [1.165, 1.54) is 12.4 Å². The maximum absolute atomic E-state index is 12.8. The summed E-state index contributed by atoms with van der Waals surface area (Å²) in [6.07, 6.45) is 1.20. The number of benzene rings is 1. The summed E-state index contributed by atoms with van der Waals surface area (Å²) in [5.41, 5.74) is 0.369. The molecule has 4 heteroatoms. The molecule has 0 aromatic heterocycles. The molecule has 0 bridgehead atoms. The van der Waals surface area contributed by atoms with Crippen molar-refractivity contribution in [1.29, 1.82) is 0 Å². The van der Waals surface area contributed by atoms with E-state index in [0.717, 1.165) is 6.07 Å². The van der Waals surface area contributed by atoms with E-state index in [-0.39, 0.29) is 5.69 Å². The summed E-state index contributed by atoms with van der Waals surface area (Å²) in [6.45, 7) is 0. The molecule has 1 aliphatic rings. The molecule has 0 amide bonds. The van der Waals surface area contributed by atoms with Gasteiger partial charge in [0, 0.05) is 0 Å². The maximum atomic E-state index is 12.8. The van der Waals surface area contributed by atoms with Crippen molar-refractivity contribution < 1.29 is 8.78 Å². The summed E-state index contributed by atoms with van der Waals surface area (Å²) in [6, 6.07) is 2.42. The number of halogens is 2. The van der Waals surface area contributed by atoms with Crippen LogP contribution in [0.3, 0.4) is 0 Å². The largest absolute Gasteiger partial charge is 0.235 e. The molecule has 0 aliphatic carbocycles. The Hall–Kier alpha value is -1.45. The molecule has 0 fully saturated rings. The fourth-order valence-corrected chi connectivity index (χ4v) is 0.906. The molecule has 0 unspecified atom stereocenters. The predicted molar refractivity (Wildman–Crippen MR) is 36.3 cm³/mol. The van der Waals surface area contributed by atoms with E-state index in [1.54, 1.807) is 0 Å². The van der Waals surface area contributed by atoms with Crippen LogP contribution in [0.25, 0.3) is 0 Å². The van der Waals surface area contributed by atoms with Crippen LogP contribution >= 0.6 is 0 Å². The third kappa shape index (κ3) is 0.790. The third-order valence-corrected chi connectivity index (χ3v) is 1.43. The van der Waals surface area contributed by atoms with Crippen molar-refractivity contribution in [2.75, 3.05) is 0 Å². The highest BCUT2D eigenvalue weighted by molar-refractivity contribution is 5.81. The molecular formula is C7H3F2N2. The summed E-state index contributed by atoms with van der Waals surface area (Å²) >= 11 is 0. The molecule has 0 N–H and O–H groups in total. The first-order valence-electron chi connectivity index (χ1n) is 3.00. The van der Waals surface area contributed by atoms with Crippen LogP contribution in [-0.4, -0.2) is 6.34 Å². The lowest BCUT2D eigenvalue weighted by atomic mass is 10.2. The van der Waals surface area contributed by atoms with Crippen molar-refractivity contribution in [2.45, 2.75) is 0 Å². The normalized spacial score (nSPS) is 12.9. The minimum absolute atomic E-state index is 0.00926. The Kier molecular flexibility index (Phi) is 1.15. The molecule has 1 aromatic rings. The van der Waals surface area contributed by atoms with Crippen LogP contribution < -0.4 is 5.32 Å². The molecule has 0 saturated heterocycles. The first-order chi connectivity index (χ1) is 5.29. The highest BCUT2D eigenvalue weighted by Crippen LogP contribution is 2.32. The van der Waals surface area contributed by atoms with Gasteiger partial charge >= 0.3 is 0 Å². The minimum Gasteiger partial charge on any atom is -0.235 e. The van der Waals surface area contributed by atoms with Gasteiger partial charge in [0.1, 0.15) is 12.0 Å². The highest BCUT2D eigenvalue weighted by Gasteiger charge is 2.15. The van der Waals surface area contributed by atoms with Crippen LogP contribution in [0.15, 0.2) is 17.1 Å². The summed E-state index contributed by atoms with van der Waals surface area (Å²) in [7, 11) is 0. The maximum Gasteiger partial charge on any atom is 0.186 e. The molecule has 0 spiro atoms. The molecule has 0 atom stereocenters. The SMILES string of the molecule is Fc1ccc2c(c1F)N=C[N]2. The van der Waals surface area contributed by atoms with Gasteiger partial charge in [-0.15, -0.1) is 0 Å².